The molecule has 28 heavy (non-hydrogen) atoms. The highest BCUT2D eigenvalue weighted by atomic mass is 32.1. The van der Waals surface area contributed by atoms with E-state index >= 15 is 0 Å². The van der Waals surface area contributed by atoms with Crippen molar-refractivity contribution in [2.24, 2.45) is 0 Å². The van der Waals surface area contributed by atoms with Gasteiger partial charge in [-0.25, -0.2) is 4.98 Å². The van der Waals surface area contributed by atoms with Gasteiger partial charge in [-0.3, -0.25) is 9.69 Å². The van der Waals surface area contributed by atoms with Crippen LogP contribution in [0.15, 0.2) is 78.6 Å². The van der Waals surface area contributed by atoms with Crippen LogP contribution in [0.3, 0.4) is 0 Å². The topological polar surface area (TPSA) is 54.5 Å². The average molecular weight is 391 g/mol. The standard InChI is InChI=1S/C22H21N3O2S/c1-16-20(21(26)23-14-17-8-4-2-5-9-17)28-22(24-16)25-12-13-27-19(15-25)18-10-6-3-7-11-18/h2-6,8-10,12-13,15H,7,11,14H2,1H3,(H,23,26). The molecule has 0 bridgehead atoms. The van der Waals surface area contributed by atoms with Crippen molar-refractivity contribution in [3.63, 3.8) is 0 Å². The lowest BCUT2D eigenvalue weighted by atomic mass is 10.0. The smallest absolute Gasteiger partial charge is 0.263 e. The molecular weight excluding hydrogens is 370 g/mol. The number of hydrogen-bond donors (Lipinski definition) is 1. The number of nitrogens with zero attached hydrogens (tertiary/aromatic N) is 2. The molecular formula is C22H21N3O2S. The fourth-order valence-electron chi connectivity index (χ4n) is 3.02. The van der Waals surface area contributed by atoms with Gasteiger partial charge in [-0.1, -0.05) is 59.9 Å². The lowest BCUT2D eigenvalue weighted by Crippen LogP contribution is -2.22. The number of thiazole rings is 1. The maximum absolute atomic E-state index is 12.6. The van der Waals surface area contributed by atoms with Crippen molar-refractivity contribution in [2.75, 3.05) is 4.90 Å². The van der Waals surface area contributed by atoms with Crippen LogP contribution in [0.1, 0.15) is 33.8 Å². The highest BCUT2D eigenvalue weighted by Crippen LogP contribution is 2.31. The minimum atomic E-state index is -0.105. The van der Waals surface area contributed by atoms with E-state index in [2.05, 4.69) is 28.5 Å². The van der Waals surface area contributed by atoms with Crippen LogP contribution in [0.5, 0.6) is 0 Å². The third-order valence-corrected chi connectivity index (χ3v) is 5.68. The molecule has 142 valence electrons. The number of nitrogens with one attached hydrogen (secondary N) is 1. The Morgan fingerprint density at radius 2 is 2.18 bits per heavy atom. The molecule has 0 saturated carbocycles. The van der Waals surface area contributed by atoms with Crippen molar-refractivity contribution >= 4 is 22.4 Å². The number of carbonyl (C=O) groups excluding carboxylic acids is 1. The summed E-state index contributed by atoms with van der Waals surface area (Å²) < 4.78 is 5.68. The molecule has 2 heterocycles. The zero-order valence-corrected chi connectivity index (χ0v) is 16.4. The van der Waals surface area contributed by atoms with Crippen LogP contribution in [-0.2, 0) is 11.3 Å². The minimum Gasteiger partial charge on any atom is -0.462 e. The van der Waals surface area contributed by atoms with E-state index in [0.717, 1.165) is 40.6 Å². The van der Waals surface area contributed by atoms with Crippen molar-refractivity contribution in [3.05, 3.63) is 94.7 Å². The van der Waals surface area contributed by atoms with Gasteiger partial charge in [0.1, 0.15) is 16.9 Å². The number of rotatable bonds is 5. The van der Waals surface area contributed by atoms with E-state index in [-0.39, 0.29) is 5.91 Å². The highest BCUT2D eigenvalue weighted by Gasteiger charge is 2.20. The number of ether oxygens (including phenoxy) is 1. The summed E-state index contributed by atoms with van der Waals surface area (Å²) in [6, 6.07) is 9.87. The number of aryl methyl sites for hydroxylation is 1. The summed E-state index contributed by atoms with van der Waals surface area (Å²) in [4.78, 5) is 19.7. The summed E-state index contributed by atoms with van der Waals surface area (Å²) in [5.74, 6) is 0.710. The predicted octanol–water partition coefficient (Wildman–Crippen LogP) is 4.81. The van der Waals surface area contributed by atoms with E-state index in [9.17, 15) is 4.79 Å². The lowest BCUT2D eigenvalue weighted by molar-refractivity contribution is 0.0954. The molecule has 1 aromatic carbocycles. The number of carbonyl (C=O) groups is 1. The lowest BCUT2D eigenvalue weighted by Gasteiger charge is -2.21. The largest absolute Gasteiger partial charge is 0.462 e. The van der Waals surface area contributed by atoms with Crippen LogP contribution in [0.25, 0.3) is 0 Å². The van der Waals surface area contributed by atoms with E-state index in [1.807, 2.05) is 54.6 Å². The first kappa shape index (κ1) is 18.3. The molecule has 1 N–H and O–H groups in total. The first-order valence-electron chi connectivity index (χ1n) is 9.20. The summed E-state index contributed by atoms with van der Waals surface area (Å²) in [5, 5.41) is 3.71. The second kappa shape index (κ2) is 8.27. The van der Waals surface area contributed by atoms with Crippen molar-refractivity contribution in [2.45, 2.75) is 26.3 Å². The molecule has 0 fully saturated rings. The third-order valence-electron chi connectivity index (χ3n) is 4.51. The molecule has 1 aromatic heterocycles. The van der Waals surface area contributed by atoms with E-state index in [0.29, 0.717) is 11.4 Å². The molecule has 1 aliphatic heterocycles. The van der Waals surface area contributed by atoms with Gasteiger partial charge in [0.15, 0.2) is 5.13 Å². The Morgan fingerprint density at radius 1 is 1.32 bits per heavy atom. The second-order valence-electron chi connectivity index (χ2n) is 6.54. The number of allylic oxidation sites excluding steroid dienone is 4. The van der Waals surface area contributed by atoms with Gasteiger partial charge in [-0.15, -0.1) is 0 Å². The average Bonchev–Trinajstić information content (AvgIpc) is 3.15. The van der Waals surface area contributed by atoms with Crippen molar-refractivity contribution in [1.29, 1.82) is 0 Å². The molecule has 0 spiro atoms. The molecule has 0 radical (unpaired) electrons. The molecule has 1 aliphatic carbocycles. The van der Waals surface area contributed by atoms with Crippen LogP contribution < -0.4 is 10.2 Å². The van der Waals surface area contributed by atoms with Crippen molar-refractivity contribution < 1.29 is 9.53 Å². The summed E-state index contributed by atoms with van der Waals surface area (Å²) >= 11 is 1.38. The van der Waals surface area contributed by atoms with Gasteiger partial charge in [0, 0.05) is 12.7 Å². The molecule has 0 saturated heterocycles. The van der Waals surface area contributed by atoms with Gasteiger partial charge in [0.2, 0.25) is 0 Å². The fraction of sp³-hybridized carbons (Fsp3) is 0.182. The van der Waals surface area contributed by atoms with Gasteiger partial charge < -0.3 is 10.1 Å². The Labute approximate surface area is 168 Å². The number of amides is 1. The molecule has 1 amide bonds. The molecule has 6 heteroatoms. The maximum atomic E-state index is 12.6. The first-order valence-corrected chi connectivity index (χ1v) is 10.0. The fourth-order valence-corrected chi connectivity index (χ4v) is 3.96. The monoisotopic (exact) mass is 391 g/mol. The summed E-state index contributed by atoms with van der Waals surface area (Å²) in [7, 11) is 0. The van der Waals surface area contributed by atoms with E-state index in [4.69, 9.17) is 4.74 Å². The Balaban J connectivity index is 1.49. The maximum Gasteiger partial charge on any atom is 0.263 e. The Hall–Kier alpha value is -3.12. The van der Waals surface area contributed by atoms with Gasteiger partial charge in [-0.2, -0.15) is 0 Å². The molecule has 0 unspecified atom stereocenters. The van der Waals surface area contributed by atoms with E-state index in [1.54, 1.807) is 6.26 Å². The normalized spacial score (nSPS) is 15.7. The van der Waals surface area contributed by atoms with Crippen LogP contribution >= 0.6 is 11.3 Å². The van der Waals surface area contributed by atoms with E-state index in [1.165, 1.54) is 11.3 Å². The summed E-state index contributed by atoms with van der Waals surface area (Å²) in [6.45, 7) is 2.36. The summed E-state index contributed by atoms with van der Waals surface area (Å²) in [5.41, 5.74) is 2.95. The molecule has 0 atom stereocenters. The van der Waals surface area contributed by atoms with Gasteiger partial charge in [-0.05, 0) is 30.9 Å². The molecule has 2 aliphatic rings. The quantitative estimate of drug-likeness (QED) is 0.795. The zero-order valence-electron chi connectivity index (χ0n) is 15.6. The van der Waals surface area contributed by atoms with Crippen molar-refractivity contribution in [3.8, 4) is 0 Å². The number of anilines is 1. The number of aromatic nitrogens is 1. The van der Waals surface area contributed by atoms with E-state index < -0.39 is 0 Å². The van der Waals surface area contributed by atoms with Gasteiger partial charge in [0.25, 0.3) is 5.91 Å². The first-order chi connectivity index (χ1) is 13.7. The Bertz CT molecular complexity index is 986. The van der Waals surface area contributed by atoms with Crippen molar-refractivity contribution in [1.82, 2.24) is 10.3 Å². The summed E-state index contributed by atoms with van der Waals surface area (Å²) in [6.07, 6.45) is 13.6. The van der Waals surface area contributed by atoms with Crippen LogP contribution in [0, 0.1) is 6.92 Å². The predicted molar refractivity (Wildman–Crippen MR) is 112 cm³/mol. The molecule has 2 aromatic rings. The molecule has 4 rings (SSSR count). The zero-order chi connectivity index (χ0) is 19.3. The third kappa shape index (κ3) is 4.07. The molecule has 5 nitrogen and oxygen atoms in total. The Morgan fingerprint density at radius 3 is 2.96 bits per heavy atom. The second-order valence-corrected chi connectivity index (χ2v) is 7.52. The van der Waals surface area contributed by atoms with Crippen LogP contribution in [-0.4, -0.2) is 10.9 Å². The Kier molecular flexibility index (Phi) is 5.39. The highest BCUT2D eigenvalue weighted by molar-refractivity contribution is 7.17. The number of benzene rings is 1. The van der Waals surface area contributed by atoms with Gasteiger partial charge in [0.05, 0.1) is 11.9 Å². The van der Waals surface area contributed by atoms with Gasteiger partial charge >= 0.3 is 0 Å². The number of hydrogen-bond acceptors (Lipinski definition) is 5. The van der Waals surface area contributed by atoms with Crippen LogP contribution in [0.2, 0.25) is 0 Å². The minimum absolute atomic E-state index is 0.105. The SMILES string of the molecule is Cc1nc(N2C=COC(C3=CC=CCC3)=C2)sc1C(=O)NCc1ccccc1. The van der Waals surface area contributed by atoms with Crippen LogP contribution in [0.4, 0.5) is 5.13 Å².